The summed E-state index contributed by atoms with van der Waals surface area (Å²) in [5.74, 6) is -4.56. The molecule has 1 aromatic heterocycles. The van der Waals surface area contributed by atoms with E-state index >= 15 is 8.78 Å². The number of hydrogen-bond donors (Lipinski definition) is 4. The van der Waals surface area contributed by atoms with Crippen molar-refractivity contribution in [2.24, 2.45) is 0 Å². The van der Waals surface area contributed by atoms with Gasteiger partial charge in [0, 0.05) is 72.8 Å². The van der Waals surface area contributed by atoms with Crippen LogP contribution in [0.25, 0.3) is 44.3 Å². The lowest BCUT2D eigenvalue weighted by atomic mass is 9.90. The van der Waals surface area contributed by atoms with Crippen molar-refractivity contribution in [1.29, 1.82) is 0 Å². The fraction of sp³-hybridized carbons (Fsp3) is 0.184. The number of nitrogens with one attached hydrogen (secondary N) is 1. The zero-order valence-electron chi connectivity index (χ0n) is 28.1. The number of phenols is 1. The Labute approximate surface area is 304 Å². The van der Waals surface area contributed by atoms with Gasteiger partial charge in [-0.1, -0.05) is 6.07 Å². The van der Waals surface area contributed by atoms with Crippen molar-refractivity contribution in [3.8, 4) is 28.2 Å². The SMILES string of the molecule is CCn1cc(C(=O)O)c(=O)c2cc(F)c(N3CCN(C(=S)Nc4ccc(-c5c6ccc(=O)cc-6oc6cc(O)ccc56)c(C(=O)O)c4)C(C)C3)c(F)c21. The van der Waals surface area contributed by atoms with Gasteiger partial charge in [0.15, 0.2) is 16.4 Å². The van der Waals surface area contributed by atoms with Crippen molar-refractivity contribution in [2.45, 2.75) is 26.4 Å². The van der Waals surface area contributed by atoms with Crippen molar-refractivity contribution < 1.29 is 38.1 Å². The molecule has 3 heterocycles. The molecule has 4 aromatic rings. The van der Waals surface area contributed by atoms with Crippen molar-refractivity contribution in [3.63, 3.8) is 0 Å². The van der Waals surface area contributed by atoms with E-state index in [0.717, 1.165) is 12.3 Å². The van der Waals surface area contributed by atoms with E-state index in [9.17, 15) is 34.5 Å². The molecule has 270 valence electrons. The largest absolute Gasteiger partial charge is 0.508 e. The number of nitrogens with zero attached hydrogens (tertiary/aromatic N) is 3. The normalized spacial score (nSPS) is 14.6. The van der Waals surface area contributed by atoms with E-state index < -0.39 is 34.6 Å². The van der Waals surface area contributed by atoms with E-state index in [1.165, 1.54) is 39.8 Å². The van der Waals surface area contributed by atoms with E-state index in [1.54, 1.807) is 31.2 Å². The van der Waals surface area contributed by atoms with Gasteiger partial charge < -0.3 is 39.4 Å². The van der Waals surface area contributed by atoms with E-state index in [-0.39, 0.29) is 82.0 Å². The highest BCUT2D eigenvalue weighted by molar-refractivity contribution is 7.80. The molecule has 1 unspecified atom stereocenters. The Kier molecular flexibility index (Phi) is 8.82. The van der Waals surface area contributed by atoms with Crippen LogP contribution in [0.5, 0.6) is 5.75 Å². The Bertz CT molecular complexity index is 2620. The van der Waals surface area contributed by atoms with E-state index in [1.807, 2.05) is 11.8 Å². The van der Waals surface area contributed by atoms with Crippen LogP contribution in [0.1, 0.15) is 34.6 Å². The average molecular weight is 741 g/mol. The van der Waals surface area contributed by atoms with Crippen LogP contribution in [0.2, 0.25) is 0 Å². The highest BCUT2D eigenvalue weighted by Gasteiger charge is 2.31. The summed E-state index contributed by atoms with van der Waals surface area (Å²) in [6.45, 7) is 4.09. The molecule has 1 aliphatic carbocycles. The van der Waals surface area contributed by atoms with E-state index in [0.29, 0.717) is 27.8 Å². The number of aromatic hydroxyl groups is 1. The molecule has 0 saturated carbocycles. The zero-order chi connectivity index (χ0) is 37.9. The number of phenolic OH excluding ortho intramolecular Hbond substituents is 1. The average Bonchev–Trinajstić information content (AvgIpc) is 3.10. The Morgan fingerprint density at radius 1 is 0.943 bits per heavy atom. The summed E-state index contributed by atoms with van der Waals surface area (Å²) in [7, 11) is 0. The Balaban J connectivity index is 1.17. The zero-order valence-corrected chi connectivity index (χ0v) is 29.0. The minimum Gasteiger partial charge on any atom is -0.508 e. The van der Waals surface area contributed by atoms with Crippen molar-refractivity contribution in [1.82, 2.24) is 9.47 Å². The molecule has 12 nitrogen and oxygen atoms in total. The lowest BCUT2D eigenvalue weighted by molar-refractivity contribution is 0.0685. The van der Waals surface area contributed by atoms with Gasteiger partial charge in [0.2, 0.25) is 5.43 Å². The maximum Gasteiger partial charge on any atom is 0.341 e. The minimum atomic E-state index is -1.50. The summed E-state index contributed by atoms with van der Waals surface area (Å²) in [4.78, 5) is 52.6. The van der Waals surface area contributed by atoms with Gasteiger partial charge in [-0.2, -0.15) is 0 Å². The van der Waals surface area contributed by atoms with Crippen LogP contribution in [-0.4, -0.2) is 67.5 Å². The molecule has 7 rings (SSSR count). The van der Waals surface area contributed by atoms with Gasteiger partial charge in [-0.15, -0.1) is 0 Å². The smallest absolute Gasteiger partial charge is 0.341 e. The maximum atomic E-state index is 16.1. The molecule has 3 aromatic carbocycles. The number of anilines is 2. The molecule has 53 heavy (non-hydrogen) atoms. The van der Waals surface area contributed by atoms with Crippen LogP contribution in [0, 0.1) is 11.6 Å². The number of carboxylic acid groups (broad SMARTS) is 2. The summed E-state index contributed by atoms with van der Waals surface area (Å²) in [6, 6.07) is 13.8. The van der Waals surface area contributed by atoms with Crippen LogP contribution >= 0.6 is 12.2 Å². The number of halogens is 2. The summed E-state index contributed by atoms with van der Waals surface area (Å²) in [5.41, 5.74) is -0.547. The third kappa shape index (κ3) is 6.08. The first-order valence-corrected chi connectivity index (χ1v) is 16.9. The lowest BCUT2D eigenvalue weighted by Crippen LogP contribution is -2.55. The number of carboxylic acids is 2. The molecular formula is C38H30F2N4O8S. The number of hydrogen-bond acceptors (Lipinski definition) is 8. The van der Waals surface area contributed by atoms with E-state index in [2.05, 4.69) is 5.32 Å². The molecule has 0 bridgehead atoms. The highest BCUT2D eigenvalue weighted by Crippen LogP contribution is 2.42. The van der Waals surface area contributed by atoms with Gasteiger partial charge >= 0.3 is 11.9 Å². The number of pyridine rings is 1. The topological polar surface area (TPSA) is 166 Å². The second kappa shape index (κ2) is 13.3. The van der Waals surface area contributed by atoms with Crippen molar-refractivity contribution in [3.05, 3.63) is 110 Å². The monoisotopic (exact) mass is 740 g/mol. The number of aromatic nitrogens is 1. The molecule has 15 heteroatoms. The Morgan fingerprint density at radius 2 is 1.68 bits per heavy atom. The summed E-state index contributed by atoms with van der Waals surface area (Å²) >= 11 is 5.72. The number of piperazine rings is 1. The minimum absolute atomic E-state index is 0.0718. The quantitative estimate of drug-likeness (QED) is 0.113. The second-order valence-electron chi connectivity index (χ2n) is 12.7. The first-order chi connectivity index (χ1) is 25.3. The third-order valence-corrected chi connectivity index (χ3v) is 9.79. The predicted octanol–water partition coefficient (Wildman–Crippen LogP) is 6.19. The number of carbonyl (C=O) groups is 2. The number of thiocarbonyl (C=S) groups is 1. The molecule has 4 N–H and O–H groups in total. The highest BCUT2D eigenvalue weighted by atomic mass is 32.1. The van der Waals surface area contributed by atoms with E-state index in [4.69, 9.17) is 16.6 Å². The van der Waals surface area contributed by atoms with Gasteiger partial charge in [-0.25, -0.2) is 18.4 Å². The molecule has 1 saturated heterocycles. The molecule has 0 radical (unpaired) electrons. The van der Waals surface area contributed by atoms with Crippen molar-refractivity contribution >= 4 is 62.5 Å². The summed E-state index contributed by atoms with van der Waals surface area (Å²) < 4.78 is 38.8. The molecule has 0 amide bonds. The third-order valence-electron chi connectivity index (χ3n) is 9.45. The molecule has 0 spiro atoms. The number of aryl methyl sites for hydroxylation is 1. The molecular weight excluding hydrogens is 711 g/mol. The van der Waals surface area contributed by atoms with Gasteiger partial charge in [-0.05, 0) is 74.1 Å². The standard InChI is InChI=1S/C38H30F2N4O8S/c1-3-42-17-27(37(50)51)35(47)26-15-28(39)34(32(40)33(26)42)43-10-11-44(18(2)16-43)38(53)41-19-4-7-22(25(12-19)36(48)49)31-23-8-5-20(45)13-29(23)52-30-14-21(46)6-9-24(30)31/h4-9,12-15,17-18,45H,3,10-11,16H2,1-2H3,(H,41,53)(H,48,49)(H,50,51). The van der Waals surface area contributed by atoms with Gasteiger partial charge in [0.05, 0.1) is 16.5 Å². The number of benzene rings is 4. The van der Waals surface area contributed by atoms with Gasteiger partial charge in [0.1, 0.15) is 34.2 Å². The predicted molar refractivity (Wildman–Crippen MR) is 199 cm³/mol. The van der Waals surface area contributed by atoms with Crippen LogP contribution in [-0.2, 0) is 6.54 Å². The Hall–Kier alpha value is -6.35. The fourth-order valence-electron chi connectivity index (χ4n) is 6.99. The van der Waals surface area contributed by atoms with Crippen LogP contribution in [0.4, 0.5) is 20.2 Å². The first-order valence-electron chi connectivity index (χ1n) is 16.5. The van der Waals surface area contributed by atoms with Crippen LogP contribution < -0.4 is 21.1 Å². The molecule has 2 aliphatic heterocycles. The van der Waals surface area contributed by atoms with Crippen molar-refractivity contribution in [2.75, 3.05) is 29.9 Å². The summed E-state index contributed by atoms with van der Waals surface area (Å²) in [5, 5.41) is 33.4. The first kappa shape index (κ1) is 35.1. The molecule has 1 atom stereocenters. The van der Waals surface area contributed by atoms with Crippen LogP contribution in [0.3, 0.4) is 0 Å². The number of fused-ring (bicyclic) bond motifs is 3. The maximum absolute atomic E-state index is 16.1. The van der Waals surface area contributed by atoms with Gasteiger partial charge in [0.25, 0.3) is 0 Å². The second-order valence-corrected chi connectivity index (χ2v) is 13.1. The molecule has 1 fully saturated rings. The Morgan fingerprint density at radius 3 is 2.38 bits per heavy atom. The molecule has 3 aliphatic rings. The summed E-state index contributed by atoms with van der Waals surface area (Å²) in [6.07, 6.45) is 1.06. The van der Waals surface area contributed by atoms with Gasteiger partial charge in [-0.3, -0.25) is 9.59 Å². The number of aromatic carboxylic acids is 2. The van der Waals surface area contributed by atoms with Crippen LogP contribution in [0.15, 0.2) is 80.9 Å². The lowest BCUT2D eigenvalue weighted by Gasteiger charge is -2.42. The fourth-order valence-corrected chi connectivity index (χ4v) is 7.38. The number of rotatable bonds is 6.